The SMILES string of the molecule is CCCC(O)CNC(C)c1cc(F)c(C)cc1F. The Labute approximate surface area is 107 Å². The van der Waals surface area contributed by atoms with E-state index in [0.717, 1.165) is 6.42 Å². The fourth-order valence-electron chi connectivity index (χ4n) is 1.85. The zero-order valence-electron chi connectivity index (χ0n) is 11.1. The summed E-state index contributed by atoms with van der Waals surface area (Å²) in [5.41, 5.74) is 0.594. The summed E-state index contributed by atoms with van der Waals surface area (Å²) in [6, 6.07) is 2.09. The van der Waals surface area contributed by atoms with E-state index in [1.165, 1.54) is 19.1 Å². The average molecular weight is 257 g/mol. The first-order valence-corrected chi connectivity index (χ1v) is 6.32. The number of halogens is 2. The number of hydrogen-bond acceptors (Lipinski definition) is 2. The first-order valence-electron chi connectivity index (χ1n) is 6.32. The van der Waals surface area contributed by atoms with Gasteiger partial charge in [0.15, 0.2) is 0 Å². The molecular formula is C14H21F2NO. The number of aryl methyl sites for hydroxylation is 1. The summed E-state index contributed by atoms with van der Waals surface area (Å²) in [7, 11) is 0. The van der Waals surface area contributed by atoms with E-state index in [9.17, 15) is 13.9 Å². The van der Waals surface area contributed by atoms with E-state index in [-0.39, 0.29) is 6.04 Å². The van der Waals surface area contributed by atoms with Gasteiger partial charge in [0.25, 0.3) is 0 Å². The highest BCUT2D eigenvalue weighted by atomic mass is 19.1. The topological polar surface area (TPSA) is 32.3 Å². The summed E-state index contributed by atoms with van der Waals surface area (Å²) < 4.78 is 27.1. The third kappa shape index (κ3) is 4.03. The van der Waals surface area contributed by atoms with E-state index in [1.807, 2.05) is 6.92 Å². The fraction of sp³-hybridized carbons (Fsp3) is 0.571. The minimum absolute atomic E-state index is 0.293. The second-order valence-corrected chi connectivity index (χ2v) is 4.70. The molecule has 0 radical (unpaired) electrons. The van der Waals surface area contributed by atoms with E-state index < -0.39 is 17.7 Å². The van der Waals surface area contributed by atoms with Crippen molar-refractivity contribution in [1.29, 1.82) is 0 Å². The molecule has 1 aromatic carbocycles. The molecule has 2 unspecified atom stereocenters. The molecule has 0 aliphatic heterocycles. The molecule has 0 fully saturated rings. The summed E-state index contributed by atoms with van der Waals surface area (Å²) in [5, 5.41) is 12.6. The van der Waals surface area contributed by atoms with E-state index in [0.29, 0.717) is 24.1 Å². The van der Waals surface area contributed by atoms with Gasteiger partial charge in [0, 0.05) is 18.2 Å². The molecule has 0 heterocycles. The van der Waals surface area contributed by atoms with Gasteiger partial charge in [-0.2, -0.15) is 0 Å². The van der Waals surface area contributed by atoms with Gasteiger partial charge in [-0.1, -0.05) is 13.3 Å². The minimum atomic E-state index is -0.448. The first-order chi connectivity index (χ1) is 8.45. The lowest BCUT2D eigenvalue weighted by molar-refractivity contribution is 0.157. The van der Waals surface area contributed by atoms with Gasteiger partial charge >= 0.3 is 0 Å². The largest absolute Gasteiger partial charge is 0.392 e. The lowest BCUT2D eigenvalue weighted by atomic mass is 10.0. The molecule has 0 aromatic heterocycles. The summed E-state index contributed by atoms with van der Waals surface area (Å²) in [6.07, 6.45) is 1.14. The van der Waals surface area contributed by atoms with Crippen molar-refractivity contribution in [3.8, 4) is 0 Å². The molecule has 18 heavy (non-hydrogen) atoms. The molecule has 102 valence electrons. The highest BCUT2D eigenvalue weighted by Gasteiger charge is 2.14. The Morgan fingerprint density at radius 1 is 1.28 bits per heavy atom. The molecule has 1 aromatic rings. The Morgan fingerprint density at radius 2 is 1.94 bits per heavy atom. The van der Waals surface area contributed by atoms with Crippen molar-refractivity contribution in [3.63, 3.8) is 0 Å². The molecule has 0 amide bonds. The summed E-state index contributed by atoms with van der Waals surface area (Å²) in [4.78, 5) is 0. The van der Waals surface area contributed by atoms with Crippen molar-refractivity contribution < 1.29 is 13.9 Å². The number of nitrogens with one attached hydrogen (secondary N) is 1. The van der Waals surface area contributed by atoms with Crippen LogP contribution in [0.5, 0.6) is 0 Å². The molecule has 0 aliphatic rings. The van der Waals surface area contributed by atoms with Crippen LogP contribution in [0.4, 0.5) is 8.78 Å². The van der Waals surface area contributed by atoms with Crippen LogP contribution in [-0.2, 0) is 0 Å². The van der Waals surface area contributed by atoms with Crippen LogP contribution in [0.25, 0.3) is 0 Å². The van der Waals surface area contributed by atoms with Crippen molar-refractivity contribution in [2.75, 3.05) is 6.54 Å². The van der Waals surface area contributed by atoms with Crippen molar-refractivity contribution in [2.24, 2.45) is 0 Å². The number of benzene rings is 1. The van der Waals surface area contributed by atoms with E-state index in [1.54, 1.807) is 6.92 Å². The predicted molar refractivity (Wildman–Crippen MR) is 68.4 cm³/mol. The Hall–Kier alpha value is -1.00. The van der Waals surface area contributed by atoms with Crippen LogP contribution in [0, 0.1) is 18.6 Å². The third-order valence-electron chi connectivity index (χ3n) is 3.03. The number of aliphatic hydroxyl groups excluding tert-OH is 1. The van der Waals surface area contributed by atoms with E-state index in [2.05, 4.69) is 5.32 Å². The standard InChI is InChI=1S/C14H21F2NO/c1-4-5-11(18)8-17-10(3)12-7-13(15)9(2)6-14(12)16/h6-7,10-11,17-18H,4-5,8H2,1-3H3. The molecule has 0 saturated heterocycles. The highest BCUT2D eigenvalue weighted by Crippen LogP contribution is 2.20. The number of aliphatic hydroxyl groups is 1. The smallest absolute Gasteiger partial charge is 0.128 e. The molecule has 0 spiro atoms. The van der Waals surface area contributed by atoms with E-state index >= 15 is 0 Å². The van der Waals surface area contributed by atoms with Gasteiger partial charge in [0.2, 0.25) is 0 Å². The minimum Gasteiger partial charge on any atom is -0.392 e. The molecular weight excluding hydrogens is 236 g/mol. The molecule has 2 atom stereocenters. The lowest BCUT2D eigenvalue weighted by Gasteiger charge is -2.18. The van der Waals surface area contributed by atoms with Crippen LogP contribution in [0.1, 0.15) is 43.9 Å². The van der Waals surface area contributed by atoms with Crippen LogP contribution in [0.2, 0.25) is 0 Å². The Morgan fingerprint density at radius 3 is 2.56 bits per heavy atom. The maximum atomic E-state index is 13.7. The Bertz CT molecular complexity index is 396. The van der Waals surface area contributed by atoms with Crippen molar-refractivity contribution in [1.82, 2.24) is 5.32 Å². The maximum Gasteiger partial charge on any atom is 0.128 e. The third-order valence-corrected chi connectivity index (χ3v) is 3.03. The highest BCUT2D eigenvalue weighted by molar-refractivity contribution is 5.27. The van der Waals surface area contributed by atoms with Crippen molar-refractivity contribution in [2.45, 2.75) is 45.8 Å². The Kier molecular flexibility index (Phi) is 5.69. The molecule has 0 aliphatic carbocycles. The molecule has 2 N–H and O–H groups in total. The number of rotatable bonds is 6. The normalized spacial score (nSPS) is 14.6. The molecule has 2 nitrogen and oxygen atoms in total. The zero-order valence-corrected chi connectivity index (χ0v) is 11.1. The van der Waals surface area contributed by atoms with E-state index in [4.69, 9.17) is 0 Å². The summed E-state index contributed by atoms with van der Waals surface area (Å²) >= 11 is 0. The first kappa shape index (κ1) is 15.1. The van der Waals surface area contributed by atoms with Crippen LogP contribution in [-0.4, -0.2) is 17.8 Å². The lowest BCUT2D eigenvalue weighted by Crippen LogP contribution is -2.29. The van der Waals surface area contributed by atoms with Gasteiger partial charge in [-0.15, -0.1) is 0 Å². The van der Waals surface area contributed by atoms with Crippen LogP contribution >= 0.6 is 0 Å². The monoisotopic (exact) mass is 257 g/mol. The van der Waals surface area contributed by atoms with Gasteiger partial charge in [-0.25, -0.2) is 8.78 Å². The molecule has 4 heteroatoms. The Balaban J connectivity index is 2.66. The van der Waals surface area contributed by atoms with Crippen LogP contribution in [0.3, 0.4) is 0 Å². The van der Waals surface area contributed by atoms with Gasteiger partial charge < -0.3 is 10.4 Å². The zero-order chi connectivity index (χ0) is 13.7. The van der Waals surface area contributed by atoms with Crippen LogP contribution in [0.15, 0.2) is 12.1 Å². The number of hydrogen-bond donors (Lipinski definition) is 2. The fourth-order valence-corrected chi connectivity index (χ4v) is 1.85. The van der Waals surface area contributed by atoms with Gasteiger partial charge in [-0.05, 0) is 38.0 Å². The van der Waals surface area contributed by atoms with Gasteiger partial charge in [0.05, 0.1) is 6.10 Å². The van der Waals surface area contributed by atoms with Gasteiger partial charge in [-0.3, -0.25) is 0 Å². The maximum absolute atomic E-state index is 13.7. The second kappa shape index (κ2) is 6.81. The molecule has 0 bridgehead atoms. The summed E-state index contributed by atoms with van der Waals surface area (Å²) in [6.45, 7) is 5.66. The second-order valence-electron chi connectivity index (χ2n) is 4.70. The van der Waals surface area contributed by atoms with Gasteiger partial charge in [0.1, 0.15) is 11.6 Å². The average Bonchev–Trinajstić information content (AvgIpc) is 2.31. The van der Waals surface area contributed by atoms with Crippen molar-refractivity contribution in [3.05, 3.63) is 34.9 Å². The predicted octanol–water partition coefficient (Wildman–Crippen LogP) is 3.08. The molecule has 0 saturated carbocycles. The summed E-state index contributed by atoms with van der Waals surface area (Å²) in [5.74, 6) is -0.826. The quantitative estimate of drug-likeness (QED) is 0.820. The van der Waals surface area contributed by atoms with Crippen LogP contribution < -0.4 is 5.32 Å². The molecule has 1 rings (SSSR count). The van der Waals surface area contributed by atoms with Crippen molar-refractivity contribution >= 4 is 0 Å².